The number of nitrogens with one attached hydrogen (secondary N) is 1. The highest BCUT2D eigenvalue weighted by atomic mass is 35.5. The first-order valence-corrected chi connectivity index (χ1v) is 8.41. The Labute approximate surface area is 117 Å². The molecule has 0 aromatic heterocycles. The second-order valence-electron chi connectivity index (χ2n) is 5.82. The zero-order chi connectivity index (χ0) is 12.4. The Morgan fingerprint density at radius 3 is 2.22 bits per heavy atom. The molecule has 2 aliphatic carbocycles. The highest BCUT2D eigenvalue weighted by Gasteiger charge is 2.33. The third kappa shape index (κ3) is 4.68. The van der Waals surface area contributed by atoms with Crippen LogP contribution in [-0.2, 0) is 10.0 Å². The summed E-state index contributed by atoms with van der Waals surface area (Å²) in [6, 6.07) is 0. The molecule has 0 bridgehead atoms. The molecule has 2 fully saturated rings. The molecule has 4 nitrogen and oxygen atoms in total. The minimum absolute atomic E-state index is 0. The standard InChI is InChI=1S/C12H24N2O2S.ClH/c13-12(7-4-8-12)10-14-17(15,16)9-11-5-2-1-3-6-11;/h11,14H,1-10,13H2;1H. The molecule has 0 unspecified atom stereocenters. The van der Waals surface area contributed by atoms with Crippen molar-refractivity contribution in [3.8, 4) is 0 Å². The van der Waals surface area contributed by atoms with Gasteiger partial charge < -0.3 is 5.73 Å². The molecule has 0 aromatic carbocycles. The van der Waals surface area contributed by atoms with E-state index in [0.29, 0.717) is 18.2 Å². The SMILES string of the molecule is Cl.NC1(CNS(=O)(=O)CC2CCCCC2)CCC1. The predicted molar refractivity (Wildman–Crippen MR) is 76.4 cm³/mol. The summed E-state index contributed by atoms with van der Waals surface area (Å²) < 4.78 is 26.5. The first-order valence-electron chi connectivity index (χ1n) is 6.75. The molecule has 2 rings (SSSR count). The summed E-state index contributed by atoms with van der Waals surface area (Å²) >= 11 is 0. The molecule has 0 spiro atoms. The van der Waals surface area contributed by atoms with E-state index in [1.54, 1.807) is 0 Å². The fourth-order valence-corrected chi connectivity index (χ4v) is 4.36. The first-order chi connectivity index (χ1) is 7.99. The van der Waals surface area contributed by atoms with Crippen molar-refractivity contribution in [1.29, 1.82) is 0 Å². The van der Waals surface area contributed by atoms with Crippen molar-refractivity contribution in [3.05, 3.63) is 0 Å². The quantitative estimate of drug-likeness (QED) is 0.812. The van der Waals surface area contributed by atoms with Gasteiger partial charge in [0.15, 0.2) is 0 Å². The van der Waals surface area contributed by atoms with Gasteiger partial charge in [-0.2, -0.15) is 0 Å². The second-order valence-corrected chi connectivity index (χ2v) is 7.67. The van der Waals surface area contributed by atoms with Crippen LogP contribution in [0.2, 0.25) is 0 Å². The number of hydrogen-bond acceptors (Lipinski definition) is 3. The molecule has 2 saturated carbocycles. The fraction of sp³-hybridized carbons (Fsp3) is 1.00. The van der Waals surface area contributed by atoms with Crippen LogP contribution in [0.1, 0.15) is 51.4 Å². The lowest BCUT2D eigenvalue weighted by Gasteiger charge is -2.38. The summed E-state index contributed by atoms with van der Waals surface area (Å²) in [5, 5.41) is 0. The van der Waals surface area contributed by atoms with Crippen molar-refractivity contribution in [2.45, 2.75) is 56.9 Å². The number of halogens is 1. The largest absolute Gasteiger partial charge is 0.324 e. The highest BCUT2D eigenvalue weighted by molar-refractivity contribution is 7.89. The second kappa shape index (κ2) is 6.55. The van der Waals surface area contributed by atoms with Crippen LogP contribution in [0.25, 0.3) is 0 Å². The van der Waals surface area contributed by atoms with Crippen molar-refractivity contribution < 1.29 is 8.42 Å². The molecular weight excluding hydrogens is 272 g/mol. The number of rotatable bonds is 5. The van der Waals surface area contributed by atoms with Crippen LogP contribution < -0.4 is 10.5 Å². The molecule has 0 amide bonds. The molecule has 0 aliphatic heterocycles. The Bertz CT molecular complexity index is 349. The maximum atomic E-state index is 11.9. The van der Waals surface area contributed by atoms with Gasteiger partial charge in [-0.15, -0.1) is 12.4 Å². The van der Waals surface area contributed by atoms with Gasteiger partial charge in [0.1, 0.15) is 0 Å². The Balaban J connectivity index is 0.00000162. The molecule has 0 atom stereocenters. The van der Waals surface area contributed by atoms with Gasteiger partial charge in [-0.05, 0) is 38.0 Å². The molecule has 18 heavy (non-hydrogen) atoms. The normalized spacial score (nSPS) is 24.1. The molecule has 108 valence electrons. The third-order valence-electron chi connectivity index (χ3n) is 4.17. The van der Waals surface area contributed by atoms with Crippen LogP contribution in [-0.4, -0.2) is 26.3 Å². The minimum atomic E-state index is -3.12. The van der Waals surface area contributed by atoms with Crippen LogP contribution in [0.5, 0.6) is 0 Å². The van der Waals surface area contributed by atoms with Gasteiger partial charge in [-0.3, -0.25) is 0 Å². The maximum Gasteiger partial charge on any atom is 0.211 e. The summed E-state index contributed by atoms with van der Waals surface area (Å²) in [4.78, 5) is 0. The average Bonchev–Trinajstić information content (AvgIpc) is 2.25. The average molecular weight is 297 g/mol. The van der Waals surface area contributed by atoms with Gasteiger partial charge in [0.25, 0.3) is 0 Å². The van der Waals surface area contributed by atoms with E-state index < -0.39 is 10.0 Å². The lowest BCUT2D eigenvalue weighted by atomic mass is 9.78. The number of hydrogen-bond donors (Lipinski definition) is 2. The molecule has 0 saturated heterocycles. The predicted octanol–water partition coefficient (Wildman–Crippen LogP) is 1.79. The van der Waals surface area contributed by atoms with Crippen LogP contribution in [0.15, 0.2) is 0 Å². The van der Waals surface area contributed by atoms with Crippen molar-refractivity contribution in [3.63, 3.8) is 0 Å². The zero-order valence-corrected chi connectivity index (χ0v) is 12.5. The Morgan fingerprint density at radius 2 is 1.72 bits per heavy atom. The summed E-state index contributed by atoms with van der Waals surface area (Å²) in [6.07, 6.45) is 8.76. The summed E-state index contributed by atoms with van der Waals surface area (Å²) in [7, 11) is -3.12. The van der Waals surface area contributed by atoms with Crippen LogP contribution in [0.3, 0.4) is 0 Å². The third-order valence-corrected chi connectivity index (χ3v) is 5.67. The van der Waals surface area contributed by atoms with E-state index in [0.717, 1.165) is 32.1 Å². The smallest absolute Gasteiger partial charge is 0.211 e. The molecule has 0 heterocycles. The van der Waals surface area contributed by atoms with E-state index in [2.05, 4.69) is 4.72 Å². The van der Waals surface area contributed by atoms with Crippen molar-refractivity contribution in [2.24, 2.45) is 11.7 Å². The van der Waals surface area contributed by atoms with Crippen LogP contribution >= 0.6 is 12.4 Å². The van der Waals surface area contributed by atoms with Crippen molar-refractivity contribution >= 4 is 22.4 Å². The van der Waals surface area contributed by atoms with Gasteiger partial charge >= 0.3 is 0 Å². The molecule has 6 heteroatoms. The van der Waals surface area contributed by atoms with Crippen LogP contribution in [0.4, 0.5) is 0 Å². The van der Waals surface area contributed by atoms with E-state index in [1.165, 1.54) is 19.3 Å². The van der Waals surface area contributed by atoms with Gasteiger partial charge in [-0.25, -0.2) is 13.1 Å². The monoisotopic (exact) mass is 296 g/mol. The van der Waals surface area contributed by atoms with Gasteiger partial charge in [0.05, 0.1) is 5.75 Å². The molecule has 0 aromatic rings. The summed E-state index contributed by atoms with van der Waals surface area (Å²) in [6.45, 7) is 0.419. The number of sulfonamides is 1. The van der Waals surface area contributed by atoms with E-state index >= 15 is 0 Å². The fourth-order valence-electron chi connectivity index (χ4n) is 2.78. The Morgan fingerprint density at radius 1 is 1.11 bits per heavy atom. The lowest BCUT2D eigenvalue weighted by molar-refractivity contribution is 0.250. The van der Waals surface area contributed by atoms with Crippen molar-refractivity contribution in [1.82, 2.24) is 4.72 Å². The van der Waals surface area contributed by atoms with E-state index in [1.807, 2.05) is 0 Å². The zero-order valence-electron chi connectivity index (χ0n) is 10.9. The van der Waals surface area contributed by atoms with Gasteiger partial charge in [0.2, 0.25) is 10.0 Å². The molecule has 3 N–H and O–H groups in total. The van der Waals surface area contributed by atoms with E-state index in [4.69, 9.17) is 5.73 Å². The molecule has 2 aliphatic rings. The molecule has 0 radical (unpaired) electrons. The van der Waals surface area contributed by atoms with Crippen molar-refractivity contribution in [2.75, 3.05) is 12.3 Å². The summed E-state index contributed by atoms with van der Waals surface area (Å²) in [5.74, 6) is 0.652. The highest BCUT2D eigenvalue weighted by Crippen LogP contribution is 2.29. The van der Waals surface area contributed by atoms with Gasteiger partial charge in [0, 0.05) is 12.1 Å². The lowest BCUT2D eigenvalue weighted by Crippen LogP contribution is -2.55. The minimum Gasteiger partial charge on any atom is -0.324 e. The first kappa shape index (κ1) is 16.2. The van der Waals surface area contributed by atoms with Gasteiger partial charge in [-0.1, -0.05) is 19.3 Å². The Hall–Kier alpha value is 0.160. The van der Waals surface area contributed by atoms with E-state index in [-0.39, 0.29) is 17.9 Å². The Kier molecular flexibility index (Phi) is 5.90. The summed E-state index contributed by atoms with van der Waals surface area (Å²) in [5.41, 5.74) is 5.75. The van der Waals surface area contributed by atoms with E-state index in [9.17, 15) is 8.42 Å². The topological polar surface area (TPSA) is 72.2 Å². The maximum absolute atomic E-state index is 11.9. The molecular formula is C12H25ClN2O2S. The number of nitrogens with two attached hydrogens (primary N) is 1. The van der Waals surface area contributed by atoms with Crippen LogP contribution in [0, 0.1) is 5.92 Å².